The minimum atomic E-state index is -0.471. The molecule has 0 aliphatic rings. The SMILES string of the molecule is Cc1cc(=O)c(C(=O)Nc2ccccc2)c(-c2ccccn2)n1Cc1ccc(Cl)cc1. The number of aromatic nitrogens is 2. The highest BCUT2D eigenvalue weighted by Crippen LogP contribution is 2.24. The second-order valence-corrected chi connectivity index (χ2v) is 7.56. The van der Waals surface area contributed by atoms with Gasteiger partial charge in [0.25, 0.3) is 5.91 Å². The van der Waals surface area contributed by atoms with Crippen LogP contribution in [0, 0.1) is 6.92 Å². The molecule has 2 aromatic heterocycles. The Morgan fingerprint density at radius 3 is 2.39 bits per heavy atom. The smallest absolute Gasteiger partial charge is 0.261 e. The van der Waals surface area contributed by atoms with Gasteiger partial charge in [-0.15, -0.1) is 0 Å². The van der Waals surface area contributed by atoms with Gasteiger partial charge in [-0.2, -0.15) is 0 Å². The summed E-state index contributed by atoms with van der Waals surface area (Å²) < 4.78 is 1.94. The number of carbonyl (C=O) groups excluding carboxylic acids is 1. The summed E-state index contributed by atoms with van der Waals surface area (Å²) in [6.07, 6.45) is 1.65. The molecule has 31 heavy (non-hydrogen) atoms. The molecule has 0 unspecified atom stereocenters. The number of rotatable bonds is 5. The Bertz CT molecular complexity index is 1270. The number of anilines is 1. The zero-order valence-corrected chi connectivity index (χ0v) is 17.6. The number of halogens is 1. The van der Waals surface area contributed by atoms with Gasteiger partial charge in [0.15, 0.2) is 5.43 Å². The van der Waals surface area contributed by atoms with Gasteiger partial charge < -0.3 is 9.88 Å². The molecule has 1 amide bonds. The minimum Gasteiger partial charge on any atom is -0.338 e. The lowest BCUT2D eigenvalue weighted by Gasteiger charge is -2.20. The van der Waals surface area contributed by atoms with Crippen LogP contribution in [0.5, 0.6) is 0 Å². The van der Waals surface area contributed by atoms with Crippen molar-refractivity contribution in [3.8, 4) is 11.4 Å². The van der Waals surface area contributed by atoms with E-state index in [1.54, 1.807) is 30.5 Å². The van der Waals surface area contributed by atoms with Crippen LogP contribution in [0.15, 0.2) is 89.9 Å². The fraction of sp³-hybridized carbons (Fsp3) is 0.0800. The average molecular weight is 430 g/mol. The van der Waals surface area contributed by atoms with Crippen LogP contribution in [0.4, 0.5) is 5.69 Å². The van der Waals surface area contributed by atoms with E-state index >= 15 is 0 Å². The van der Waals surface area contributed by atoms with Crippen molar-refractivity contribution in [1.29, 1.82) is 0 Å². The van der Waals surface area contributed by atoms with E-state index < -0.39 is 5.91 Å². The zero-order chi connectivity index (χ0) is 21.8. The first-order valence-electron chi connectivity index (χ1n) is 9.79. The Morgan fingerprint density at radius 1 is 1.00 bits per heavy atom. The van der Waals surface area contributed by atoms with Crippen LogP contribution in [-0.4, -0.2) is 15.5 Å². The first-order chi connectivity index (χ1) is 15.0. The lowest BCUT2D eigenvalue weighted by Crippen LogP contribution is -2.27. The van der Waals surface area contributed by atoms with Crippen LogP contribution in [-0.2, 0) is 6.54 Å². The van der Waals surface area contributed by atoms with Gasteiger partial charge in [-0.3, -0.25) is 14.6 Å². The Hall–Kier alpha value is -3.70. The quantitative estimate of drug-likeness (QED) is 0.475. The highest BCUT2D eigenvalue weighted by molar-refractivity contribution is 6.30. The first-order valence-corrected chi connectivity index (χ1v) is 10.2. The summed E-state index contributed by atoms with van der Waals surface area (Å²) >= 11 is 6.03. The molecule has 4 aromatic rings. The molecule has 4 rings (SSSR count). The molecular weight excluding hydrogens is 410 g/mol. The molecule has 1 N–H and O–H groups in total. The third-order valence-corrected chi connectivity index (χ3v) is 5.19. The van der Waals surface area contributed by atoms with Crippen molar-refractivity contribution in [2.24, 2.45) is 0 Å². The van der Waals surface area contributed by atoms with Crippen LogP contribution in [0.2, 0.25) is 5.02 Å². The molecule has 5 nitrogen and oxygen atoms in total. The Balaban J connectivity index is 1.88. The monoisotopic (exact) mass is 429 g/mol. The molecule has 0 aliphatic heterocycles. The highest BCUT2D eigenvalue weighted by Gasteiger charge is 2.22. The number of hydrogen-bond acceptors (Lipinski definition) is 3. The van der Waals surface area contributed by atoms with Crippen LogP contribution in [0.3, 0.4) is 0 Å². The fourth-order valence-corrected chi connectivity index (χ4v) is 3.57. The molecule has 0 saturated carbocycles. The molecule has 0 bridgehead atoms. The van der Waals surface area contributed by atoms with E-state index in [-0.39, 0.29) is 11.0 Å². The Kier molecular flexibility index (Phi) is 5.96. The van der Waals surface area contributed by atoms with E-state index in [1.807, 2.05) is 60.0 Å². The number of aryl methyl sites for hydroxylation is 1. The lowest BCUT2D eigenvalue weighted by atomic mass is 10.1. The maximum absolute atomic E-state index is 13.2. The average Bonchev–Trinajstić information content (AvgIpc) is 2.78. The van der Waals surface area contributed by atoms with Crippen molar-refractivity contribution in [3.63, 3.8) is 0 Å². The first kappa shape index (κ1) is 20.6. The van der Waals surface area contributed by atoms with Crippen molar-refractivity contribution in [2.45, 2.75) is 13.5 Å². The summed E-state index contributed by atoms with van der Waals surface area (Å²) in [5.74, 6) is -0.471. The van der Waals surface area contributed by atoms with Gasteiger partial charge in [-0.25, -0.2) is 0 Å². The molecule has 2 heterocycles. The predicted octanol–water partition coefficient (Wildman–Crippen LogP) is 5.17. The summed E-state index contributed by atoms with van der Waals surface area (Å²) in [6.45, 7) is 2.31. The second-order valence-electron chi connectivity index (χ2n) is 7.12. The fourth-order valence-electron chi connectivity index (χ4n) is 3.45. The number of carbonyl (C=O) groups is 1. The van der Waals surface area contributed by atoms with E-state index in [2.05, 4.69) is 10.3 Å². The molecule has 0 saturated heterocycles. The summed E-state index contributed by atoms with van der Waals surface area (Å²) in [5.41, 5.74) is 3.08. The van der Waals surface area contributed by atoms with Gasteiger partial charge in [0.1, 0.15) is 5.56 Å². The van der Waals surface area contributed by atoms with Crippen LogP contribution < -0.4 is 10.7 Å². The van der Waals surface area contributed by atoms with Gasteiger partial charge in [-0.1, -0.05) is 48.0 Å². The van der Waals surface area contributed by atoms with Crippen LogP contribution in [0.25, 0.3) is 11.4 Å². The van der Waals surface area contributed by atoms with Gasteiger partial charge >= 0.3 is 0 Å². The maximum atomic E-state index is 13.2. The topological polar surface area (TPSA) is 64.0 Å². The second kappa shape index (κ2) is 8.98. The van der Waals surface area contributed by atoms with E-state index in [0.29, 0.717) is 28.6 Å². The van der Waals surface area contributed by atoms with Gasteiger partial charge in [-0.05, 0) is 48.9 Å². The highest BCUT2D eigenvalue weighted by atomic mass is 35.5. The summed E-state index contributed by atoms with van der Waals surface area (Å²) in [5, 5.41) is 3.48. The van der Waals surface area contributed by atoms with Gasteiger partial charge in [0, 0.05) is 35.2 Å². The number of pyridine rings is 2. The molecule has 0 atom stereocenters. The molecule has 0 radical (unpaired) electrons. The van der Waals surface area contributed by atoms with E-state index in [9.17, 15) is 9.59 Å². The minimum absolute atomic E-state index is 0.0575. The number of para-hydroxylation sites is 1. The zero-order valence-electron chi connectivity index (χ0n) is 16.9. The standard InChI is InChI=1S/C25H20ClN3O2/c1-17-15-22(30)23(25(31)28-20-7-3-2-4-8-20)24(21-9-5-6-14-27-21)29(17)16-18-10-12-19(26)13-11-18/h2-15H,16H2,1H3,(H,28,31). The van der Waals surface area contributed by atoms with Crippen LogP contribution >= 0.6 is 11.6 Å². The predicted molar refractivity (Wildman–Crippen MR) is 124 cm³/mol. The van der Waals surface area contributed by atoms with E-state index in [1.165, 1.54) is 6.07 Å². The largest absolute Gasteiger partial charge is 0.338 e. The number of benzene rings is 2. The molecular formula is C25H20ClN3O2. The summed E-state index contributed by atoms with van der Waals surface area (Å²) in [4.78, 5) is 30.7. The van der Waals surface area contributed by atoms with E-state index in [0.717, 1.165) is 11.3 Å². The van der Waals surface area contributed by atoms with Crippen molar-refractivity contribution >= 4 is 23.2 Å². The number of amides is 1. The molecule has 0 fully saturated rings. The maximum Gasteiger partial charge on any atom is 0.261 e. The number of hydrogen-bond donors (Lipinski definition) is 1. The third kappa shape index (κ3) is 4.57. The van der Waals surface area contributed by atoms with Crippen molar-refractivity contribution in [1.82, 2.24) is 9.55 Å². The van der Waals surface area contributed by atoms with Crippen molar-refractivity contribution < 1.29 is 4.79 Å². The molecule has 0 spiro atoms. The van der Waals surface area contributed by atoms with Gasteiger partial charge in [0.2, 0.25) is 0 Å². The van der Waals surface area contributed by atoms with Crippen molar-refractivity contribution in [2.75, 3.05) is 5.32 Å². The van der Waals surface area contributed by atoms with Crippen molar-refractivity contribution in [3.05, 3.63) is 117 Å². The normalized spacial score (nSPS) is 10.6. The molecule has 2 aromatic carbocycles. The summed E-state index contributed by atoms with van der Waals surface area (Å²) in [7, 11) is 0. The lowest BCUT2D eigenvalue weighted by molar-refractivity contribution is 0.102. The molecule has 154 valence electrons. The van der Waals surface area contributed by atoms with Gasteiger partial charge in [0.05, 0.1) is 11.4 Å². The molecule has 6 heteroatoms. The Morgan fingerprint density at radius 2 is 1.71 bits per heavy atom. The third-order valence-electron chi connectivity index (χ3n) is 4.94. The Labute approximate surface area is 185 Å². The summed E-state index contributed by atoms with van der Waals surface area (Å²) in [6, 6.07) is 23.5. The molecule has 0 aliphatic carbocycles. The number of nitrogens with zero attached hydrogens (tertiary/aromatic N) is 2. The van der Waals surface area contributed by atoms with E-state index in [4.69, 9.17) is 11.6 Å². The van der Waals surface area contributed by atoms with Crippen LogP contribution in [0.1, 0.15) is 21.6 Å². The number of nitrogens with one attached hydrogen (secondary N) is 1.